The van der Waals surface area contributed by atoms with Crippen LogP contribution in [-0.2, 0) is 10.0 Å². The smallest absolute Gasteiger partial charge is 0.251 e. The topological polar surface area (TPSA) is 117 Å². The number of carbonyl (C=O) groups excluding carboxylic acids is 1. The van der Waals surface area contributed by atoms with E-state index >= 15 is 0 Å². The molecule has 1 amide bonds. The third-order valence-corrected chi connectivity index (χ3v) is 2.73. The van der Waals surface area contributed by atoms with Crippen LogP contribution in [0.15, 0.2) is 30.5 Å². The first-order valence-electron chi connectivity index (χ1n) is 4.92. The minimum absolute atomic E-state index is 0.250. The van der Waals surface area contributed by atoms with E-state index in [1.54, 1.807) is 24.3 Å². The second kappa shape index (κ2) is 4.31. The van der Waals surface area contributed by atoms with E-state index < -0.39 is 21.9 Å². The number of nitrogens with two attached hydrogens (primary N) is 2. The molecule has 2 rings (SSSR count). The van der Waals surface area contributed by atoms with E-state index in [1.165, 1.54) is 10.9 Å². The molecule has 0 aliphatic carbocycles. The fraction of sp³-hybridized carbons (Fsp3) is 0.100. The first kappa shape index (κ1) is 12.4. The van der Waals surface area contributed by atoms with Gasteiger partial charge < -0.3 is 10.6 Å². The van der Waals surface area contributed by atoms with Gasteiger partial charge in [-0.25, -0.2) is 13.6 Å². The normalized spacial score (nSPS) is 11.6. The molecule has 0 unspecified atom stereocenters. The Morgan fingerprint density at radius 2 is 2.00 bits per heavy atom. The van der Waals surface area contributed by atoms with Gasteiger partial charge in [0.25, 0.3) is 5.91 Å². The monoisotopic (exact) mass is 269 g/mol. The summed E-state index contributed by atoms with van der Waals surface area (Å²) in [5, 5.41) is 5.42. The fourth-order valence-electron chi connectivity index (χ4n) is 1.58. The summed E-state index contributed by atoms with van der Waals surface area (Å²) in [5.74, 6) is -1.31. The van der Waals surface area contributed by atoms with Crippen LogP contribution in [-0.4, -0.2) is 25.0 Å². The summed E-state index contributed by atoms with van der Waals surface area (Å²) in [6.45, 7) is 0. The molecule has 1 heterocycles. The minimum Gasteiger partial charge on any atom is -0.396 e. The summed E-state index contributed by atoms with van der Waals surface area (Å²) in [7, 11) is -3.76. The molecule has 0 spiro atoms. The molecule has 96 valence electrons. The molecular weight excluding hydrogens is 258 g/mol. The van der Waals surface area contributed by atoms with Crippen LogP contribution in [0.5, 0.6) is 0 Å². The van der Waals surface area contributed by atoms with E-state index in [-0.39, 0.29) is 5.56 Å². The van der Waals surface area contributed by atoms with Gasteiger partial charge in [-0.2, -0.15) is 4.73 Å². The van der Waals surface area contributed by atoms with E-state index in [1.807, 2.05) is 0 Å². The summed E-state index contributed by atoms with van der Waals surface area (Å²) >= 11 is 0. The molecule has 0 saturated heterocycles. The van der Waals surface area contributed by atoms with Crippen molar-refractivity contribution in [3.8, 4) is 0 Å². The second-order valence-corrected chi connectivity index (χ2v) is 5.22. The SMILES string of the molecule is NC(=O)c1cn(OCS(N)(=O)=O)c2ccccc12. The zero-order valence-corrected chi connectivity index (χ0v) is 10.1. The van der Waals surface area contributed by atoms with Crippen LogP contribution in [0, 0.1) is 0 Å². The lowest BCUT2D eigenvalue weighted by atomic mass is 10.2. The molecule has 0 aliphatic rings. The van der Waals surface area contributed by atoms with Crippen LogP contribution < -0.4 is 15.7 Å². The number of primary sulfonamides is 1. The van der Waals surface area contributed by atoms with Gasteiger partial charge in [-0.15, -0.1) is 0 Å². The van der Waals surface area contributed by atoms with Gasteiger partial charge in [0.05, 0.1) is 17.3 Å². The van der Waals surface area contributed by atoms with Crippen molar-refractivity contribution in [1.82, 2.24) is 4.73 Å². The average Bonchev–Trinajstić information content (AvgIpc) is 2.64. The molecule has 2 aromatic rings. The molecule has 0 saturated carbocycles. The van der Waals surface area contributed by atoms with Gasteiger partial charge >= 0.3 is 0 Å². The van der Waals surface area contributed by atoms with Gasteiger partial charge in [0, 0.05) is 5.39 Å². The van der Waals surface area contributed by atoms with Gasteiger partial charge in [-0.05, 0) is 6.07 Å². The van der Waals surface area contributed by atoms with Gasteiger partial charge in [0.15, 0.2) is 0 Å². The number of rotatable bonds is 4. The molecular formula is C10H11N3O4S. The summed E-state index contributed by atoms with van der Waals surface area (Å²) in [6.07, 6.45) is 1.33. The quantitative estimate of drug-likeness (QED) is 0.771. The Balaban J connectivity index is 2.48. The lowest BCUT2D eigenvalue weighted by molar-refractivity contribution is 0.0998. The molecule has 0 bridgehead atoms. The molecule has 7 nitrogen and oxygen atoms in total. The first-order valence-corrected chi connectivity index (χ1v) is 6.64. The lowest BCUT2D eigenvalue weighted by Crippen LogP contribution is -2.25. The fourth-order valence-corrected chi connectivity index (χ4v) is 1.84. The number of hydrogen-bond acceptors (Lipinski definition) is 4. The van der Waals surface area contributed by atoms with E-state index in [0.29, 0.717) is 10.9 Å². The van der Waals surface area contributed by atoms with Crippen LogP contribution in [0.1, 0.15) is 10.4 Å². The van der Waals surface area contributed by atoms with Crippen molar-refractivity contribution in [2.75, 3.05) is 5.94 Å². The Bertz CT molecular complexity index is 705. The van der Waals surface area contributed by atoms with Crippen molar-refractivity contribution in [3.63, 3.8) is 0 Å². The summed E-state index contributed by atoms with van der Waals surface area (Å²) < 4.78 is 22.8. The third kappa shape index (κ3) is 2.44. The number of carbonyl (C=O) groups is 1. The van der Waals surface area contributed by atoms with Crippen LogP contribution in [0.2, 0.25) is 0 Å². The van der Waals surface area contributed by atoms with Crippen LogP contribution in [0.3, 0.4) is 0 Å². The highest BCUT2D eigenvalue weighted by atomic mass is 32.2. The van der Waals surface area contributed by atoms with Crippen molar-refractivity contribution in [1.29, 1.82) is 0 Å². The number of primary amides is 1. The lowest BCUT2D eigenvalue weighted by Gasteiger charge is -2.05. The molecule has 0 radical (unpaired) electrons. The van der Waals surface area contributed by atoms with Gasteiger partial charge in [0.1, 0.15) is 0 Å². The van der Waals surface area contributed by atoms with Crippen LogP contribution >= 0.6 is 0 Å². The summed E-state index contributed by atoms with van der Waals surface area (Å²) in [4.78, 5) is 16.3. The number of fused-ring (bicyclic) bond motifs is 1. The average molecular weight is 269 g/mol. The van der Waals surface area contributed by atoms with Crippen LogP contribution in [0.4, 0.5) is 0 Å². The molecule has 0 aliphatic heterocycles. The standard InChI is InChI=1S/C10H11N3O4S/c11-10(14)8-5-13(17-6-18(12,15)16)9-4-2-1-3-7(8)9/h1-5H,6H2,(H2,11,14)(H2,12,15,16). The van der Waals surface area contributed by atoms with Gasteiger partial charge in [0.2, 0.25) is 16.0 Å². The molecule has 1 aromatic carbocycles. The Kier molecular flexibility index (Phi) is 2.97. The number of nitrogens with zero attached hydrogens (tertiary/aromatic N) is 1. The zero-order valence-electron chi connectivity index (χ0n) is 9.24. The molecule has 8 heteroatoms. The van der Waals surface area contributed by atoms with Crippen molar-refractivity contribution in [3.05, 3.63) is 36.0 Å². The van der Waals surface area contributed by atoms with Crippen LogP contribution in [0.25, 0.3) is 10.9 Å². The van der Waals surface area contributed by atoms with E-state index in [4.69, 9.17) is 15.7 Å². The maximum absolute atomic E-state index is 11.2. The highest BCUT2D eigenvalue weighted by Gasteiger charge is 2.14. The summed E-state index contributed by atoms with van der Waals surface area (Å²) in [6, 6.07) is 6.82. The first-order chi connectivity index (χ1) is 8.38. The number of aromatic nitrogens is 1. The van der Waals surface area contributed by atoms with Crippen molar-refractivity contribution in [2.24, 2.45) is 10.9 Å². The molecule has 0 atom stereocenters. The predicted octanol–water partition coefficient (Wildman–Crippen LogP) is -0.585. The Morgan fingerprint density at radius 1 is 1.33 bits per heavy atom. The molecule has 0 fully saturated rings. The van der Waals surface area contributed by atoms with Gasteiger partial charge in [-0.3, -0.25) is 4.79 Å². The second-order valence-electron chi connectivity index (χ2n) is 3.66. The maximum Gasteiger partial charge on any atom is 0.251 e. The number of para-hydroxylation sites is 1. The highest BCUT2D eigenvalue weighted by Crippen LogP contribution is 2.19. The highest BCUT2D eigenvalue weighted by molar-refractivity contribution is 7.88. The van der Waals surface area contributed by atoms with E-state index in [2.05, 4.69) is 0 Å². The van der Waals surface area contributed by atoms with E-state index in [0.717, 1.165) is 0 Å². The largest absolute Gasteiger partial charge is 0.396 e. The maximum atomic E-state index is 11.2. The van der Waals surface area contributed by atoms with Gasteiger partial charge in [-0.1, -0.05) is 18.2 Å². The van der Waals surface area contributed by atoms with Crippen molar-refractivity contribution >= 4 is 26.8 Å². The number of sulfonamides is 1. The zero-order chi connectivity index (χ0) is 13.3. The van der Waals surface area contributed by atoms with Crippen molar-refractivity contribution in [2.45, 2.75) is 0 Å². The molecule has 4 N–H and O–H groups in total. The third-order valence-electron chi connectivity index (χ3n) is 2.30. The Labute approximate surface area is 103 Å². The Morgan fingerprint density at radius 3 is 2.61 bits per heavy atom. The Hall–Kier alpha value is -2.06. The number of hydrogen-bond donors (Lipinski definition) is 2. The summed E-state index contributed by atoms with van der Waals surface area (Å²) in [5.41, 5.74) is 6.01. The van der Waals surface area contributed by atoms with Crippen molar-refractivity contribution < 1.29 is 18.0 Å². The predicted molar refractivity (Wildman–Crippen MR) is 65.0 cm³/mol. The molecule has 18 heavy (non-hydrogen) atoms. The van der Waals surface area contributed by atoms with E-state index in [9.17, 15) is 13.2 Å². The molecule has 1 aromatic heterocycles. The minimum atomic E-state index is -3.76. The number of benzene rings is 1. The number of amides is 1.